The number of ether oxygens (including phenoxy) is 8. The fraction of sp³-hybridized carbons (Fsp3) is 0.509. The molecular weight excluding hydrogens is 1010 g/mol. The summed E-state index contributed by atoms with van der Waals surface area (Å²) in [5.74, 6) is -8.96. The maximum atomic E-state index is 16.3. The first kappa shape index (κ1) is 56.7. The van der Waals surface area contributed by atoms with Crippen molar-refractivity contribution in [2.75, 3.05) is 19.8 Å². The van der Waals surface area contributed by atoms with Crippen LogP contribution in [0.5, 0.6) is 0 Å². The van der Waals surface area contributed by atoms with E-state index >= 15 is 4.79 Å². The van der Waals surface area contributed by atoms with Gasteiger partial charge in [-0.2, -0.15) is 0 Å². The first-order chi connectivity index (χ1) is 36.4. The second-order valence-electron chi connectivity index (χ2n) is 20.8. The molecule has 2 heterocycles. The highest BCUT2D eigenvalue weighted by molar-refractivity contribution is 5.96. The number of aliphatic hydroxyl groups excluding tert-OH is 5. The van der Waals surface area contributed by atoms with E-state index in [2.05, 4.69) is 5.32 Å². The minimum atomic E-state index is -2.58. The molecule has 2 saturated heterocycles. The number of amides is 1. The second kappa shape index (κ2) is 22.1. The van der Waals surface area contributed by atoms with E-state index < -0.39 is 176 Å². The second-order valence-corrected chi connectivity index (χ2v) is 20.8. The normalized spacial score (nSPS) is 33.9. The Morgan fingerprint density at radius 1 is 0.792 bits per heavy atom. The number of carbonyl (C=O) groups is 7. The predicted molar refractivity (Wildman–Crippen MR) is 261 cm³/mol. The van der Waals surface area contributed by atoms with Crippen molar-refractivity contribution in [3.05, 3.63) is 119 Å². The lowest BCUT2D eigenvalue weighted by molar-refractivity contribution is -0.347. The van der Waals surface area contributed by atoms with Crippen LogP contribution in [0.15, 0.2) is 102 Å². The number of nitrogens with one attached hydrogen (secondary N) is 1. The number of fused-ring (bicyclic) bond motifs is 5. The van der Waals surface area contributed by atoms with E-state index in [0.29, 0.717) is 5.56 Å². The average Bonchev–Trinajstić information content (AvgIpc) is 3.45. The number of aliphatic hydroxyl groups is 6. The van der Waals surface area contributed by atoms with Crippen LogP contribution in [0.2, 0.25) is 0 Å². The third-order valence-electron chi connectivity index (χ3n) is 15.9. The Hall–Kier alpha value is -6.47. The molecule has 0 spiro atoms. The van der Waals surface area contributed by atoms with Crippen molar-refractivity contribution in [1.29, 1.82) is 0 Å². The summed E-state index contributed by atoms with van der Waals surface area (Å²) in [6.45, 7) is 5.51. The molecule has 4 unspecified atom stereocenters. The van der Waals surface area contributed by atoms with Crippen molar-refractivity contribution in [3.8, 4) is 0 Å². The summed E-state index contributed by atoms with van der Waals surface area (Å²) in [4.78, 5) is 99.9. The van der Waals surface area contributed by atoms with E-state index in [4.69, 9.17) is 37.9 Å². The fourth-order valence-corrected chi connectivity index (χ4v) is 11.9. The van der Waals surface area contributed by atoms with E-state index in [1.165, 1.54) is 52.0 Å². The summed E-state index contributed by atoms with van der Waals surface area (Å²) in [5, 5.41) is 69.7. The number of Topliss-reactive ketones (excluding diaryl/α,β-unsaturated/α-hetero) is 1. The highest BCUT2D eigenvalue weighted by Crippen LogP contribution is 2.65. The monoisotopic (exact) mass is 1070 g/mol. The zero-order valence-corrected chi connectivity index (χ0v) is 43.0. The van der Waals surface area contributed by atoms with Crippen LogP contribution < -0.4 is 5.32 Å². The number of carbonyl (C=O) groups excluding carboxylic acids is 7. The lowest BCUT2D eigenvalue weighted by Crippen LogP contribution is -2.82. The molecule has 5 aliphatic rings. The van der Waals surface area contributed by atoms with Gasteiger partial charge in [-0.1, -0.05) is 80.6 Å². The number of hydrogen-bond acceptors (Lipinski definition) is 21. The summed E-state index contributed by atoms with van der Waals surface area (Å²) >= 11 is 0. The molecule has 16 atom stereocenters. The zero-order valence-electron chi connectivity index (χ0n) is 43.0. The van der Waals surface area contributed by atoms with Gasteiger partial charge in [0.2, 0.25) is 0 Å². The van der Waals surface area contributed by atoms with Gasteiger partial charge in [-0.05, 0) is 54.8 Å². The lowest BCUT2D eigenvalue weighted by Gasteiger charge is -2.67. The number of ketones is 1. The van der Waals surface area contributed by atoms with Gasteiger partial charge >= 0.3 is 29.8 Å². The van der Waals surface area contributed by atoms with Crippen LogP contribution in [0.4, 0.5) is 0 Å². The van der Waals surface area contributed by atoms with Gasteiger partial charge in [0.15, 0.2) is 29.9 Å². The Bertz CT molecular complexity index is 2750. The Kier molecular flexibility index (Phi) is 16.3. The molecule has 22 nitrogen and oxygen atoms in total. The summed E-state index contributed by atoms with van der Waals surface area (Å²) in [5.41, 5.74) is -8.35. The molecule has 7 N–H and O–H groups in total. The molecular formula is C55H63NO21. The summed E-state index contributed by atoms with van der Waals surface area (Å²) in [7, 11) is 0. The van der Waals surface area contributed by atoms with E-state index in [9.17, 15) is 59.4 Å². The van der Waals surface area contributed by atoms with E-state index in [1.807, 2.05) is 0 Å². The number of esters is 5. The molecule has 3 aromatic rings. The van der Waals surface area contributed by atoms with Gasteiger partial charge in [0.25, 0.3) is 5.91 Å². The minimum absolute atomic E-state index is 0.0350. The van der Waals surface area contributed by atoms with Crippen molar-refractivity contribution < 1.29 is 102 Å². The Morgan fingerprint density at radius 3 is 1.97 bits per heavy atom. The van der Waals surface area contributed by atoms with E-state index in [-0.39, 0.29) is 22.3 Å². The van der Waals surface area contributed by atoms with E-state index in [1.54, 1.807) is 66.7 Å². The molecule has 0 radical (unpaired) electrons. The molecule has 4 fully saturated rings. The average molecular weight is 1070 g/mol. The molecule has 22 heteroatoms. The summed E-state index contributed by atoms with van der Waals surface area (Å²) < 4.78 is 47.8. The van der Waals surface area contributed by atoms with Crippen molar-refractivity contribution in [3.63, 3.8) is 0 Å². The standard InChI is InChI=1S/C55H63NO21/c1-27-33(73-50(68)41(62)39(30-16-10-7-11-17-30)56-48(66)31-18-12-8-13-19-31)23-55(69)47(76-49(67)32-20-14-9-15-21-32)45-53(6,46(65)44(72-28(2)58)38(27)52(55,4)5)35(22-36-54(45,26-71-36)77-29(3)59)75-37(60)25-70-51-43(64)42(63)40(61)34(24-57)74-51/h7-21,33-36,39-45,47,51,57,61-64,69H,22-26H2,1-6H3,(H,56,66)/t33-,34+,35-,36?,39-,40+,41+,42-,43+,44+,45?,47?,51?,53+,54-,55+/m0/s1. The first-order valence-electron chi connectivity index (χ1n) is 25.0. The van der Waals surface area contributed by atoms with Gasteiger partial charge in [-0.3, -0.25) is 19.2 Å². The Morgan fingerprint density at radius 2 is 1.40 bits per heavy atom. The Labute approximate surface area is 442 Å². The van der Waals surface area contributed by atoms with Gasteiger partial charge in [-0.25, -0.2) is 14.4 Å². The molecule has 414 valence electrons. The van der Waals surface area contributed by atoms with Crippen molar-refractivity contribution in [1.82, 2.24) is 5.32 Å². The van der Waals surface area contributed by atoms with Crippen molar-refractivity contribution in [2.24, 2.45) is 16.7 Å². The van der Waals surface area contributed by atoms with Crippen LogP contribution in [-0.4, -0.2) is 171 Å². The number of hydrogen-bond donors (Lipinski definition) is 7. The van der Waals surface area contributed by atoms with Crippen molar-refractivity contribution in [2.45, 2.75) is 139 Å². The molecule has 8 rings (SSSR count). The molecule has 1 amide bonds. The molecule has 3 aliphatic carbocycles. The molecule has 2 aliphatic heterocycles. The topological polar surface area (TPSA) is 327 Å². The lowest BCUT2D eigenvalue weighted by atomic mass is 9.44. The largest absolute Gasteiger partial charge is 0.459 e. The minimum Gasteiger partial charge on any atom is -0.459 e. The van der Waals surface area contributed by atoms with Crippen LogP contribution in [0.1, 0.15) is 86.7 Å². The van der Waals surface area contributed by atoms with Gasteiger partial charge in [-0.15, -0.1) is 0 Å². The van der Waals surface area contributed by atoms with Gasteiger partial charge in [0.1, 0.15) is 61.0 Å². The highest BCUT2D eigenvalue weighted by atomic mass is 16.7. The smallest absolute Gasteiger partial charge is 0.338 e. The fourth-order valence-electron chi connectivity index (χ4n) is 11.9. The summed E-state index contributed by atoms with van der Waals surface area (Å²) in [6, 6.07) is 22.2. The zero-order chi connectivity index (χ0) is 55.9. The summed E-state index contributed by atoms with van der Waals surface area (Å²) in [6.07, 6.45) is -20.6. The van der Waals surface area contributed by atoms with Crippen LogP contribution in [0.25, 0.3) is 0 Å². The van der Waals surface area contributed by atoms with Crippen LogP contribution in [0, 0.1) is 16.7 Å². The van der Waals surface area contributed by atoms with Gasteiger partial charge in [0, 0.05) is 37.7 Å². The Balaban J connectivity index is 1.26. The van der Waals surface area contributed by atoms with Crippen LogP contribution in [-0.2, 0) is 61.9 Å². The quantitative estimate of drug-likeness (QED) is 0.0637. The molecule has 77 heavy (non-hydrogen) atoms. The molecule has 2 saturated carbocycles. The van der Waals surface area contributed by atoms with Crippen LogP contribution >= 0.6 is 0 Å². The molecule has 0 aromatic heterocycles. The first-order valence-corrected chi connectivity index (χ1v) is 25.0. The number of benzene rings is 3. The maximum Gasteiger partial charge on any atom is 0.338 e. The van der Waals surface area contributed by atoms with Crippen LogP contribution in [0.3, 0.4) is 0 Å². The van der Waals surface area contributed by atoms with Crippen molar-refractivity contribution >= 4 is 41.5 Å². The predicted octanol–water partition coefficient (Wildman–Crippen LogP) is 1.10. The third-order valence-corrected chi connectivity index (χ3v) is 15.9. The molecule has 3 aromatic carbocycles. The highest BCUT2D eigenvalue weighted by Gasteiger charge is 2.79. The third kappa shape index (κ3) is 10.3. The van der Waals surface area contributed by atoms with E-state index in [0.717, 1.165) is 13.8 Å². The number of rotatable bonds is 15. The molecule has 2 bridgehead atoms. The van der Waals surface area contributed by atoms with Gasteiger partial charge < -0.3 is 73.9 Å². The van der Waals surface area contributed by atoms with Gasteiger partial charge in [0.05, 0.1) is 36.2 Å². The SMILES string of the molecule is CC(=O)O[C@H]1C(=O)[C@@]2(C)C(C(OC(=O)c3ccccc3)[C@]3(O)C[C@H](OC(=O)[C@H](O)[C@@H](NC(=O)c4ccccc4)c4ccccc4)C(C)=C1C3(C)C)[C@]1(OC(C)=O)COC1C[C@@H]2OC(=O)COC1O[C@H](CO)[C@@H](O)[C@H](O)[C@H]1O. The maximum absolute atomic E-state index is 16.3.